The predicted molar refractivity (Wildman–Crippen MR) is 117 cm³/mol. The van der Waals surface area contributed by atoms with Gasteiger partial charge in [-0.15, -0.1) is 0 Å². The van der Waals surface area contributed by atoms with Crippen LogP contribution in [0.3, 0.4) is 0 Å². The van der Waals surface area contributed by atoms with Crippen molar-refractivity contribution >= 4 is 23.8 Å². The van der Waals surface area contributed by atoms with Gasteiger partial charge in [-0.05, 0) is 16.7 Å². The second kappa shape index (κ2) is 9.89. The Hall–Kier alpha value is -3.11. The summed E-state index contributed by atoms with van der Waals surface area (Å²) in [5.41, 5.74) is 3.09. The number of carbonyl (C=O) groups excluding carboxylic acids is 1. The first kappa shape index (κ1) is 20.6. The maximum absolute atomic E-state index is 11.8. The van der Waals surface area contributed by atoms with Crippen molar-refractivity contribution in [1.29, 1.82) is 0 Å². The third kappa shape index (κ3) is 4.49. The van der Waals surface area contributed by atoms with Crippen LogP contribution in [0.4, 0.5) is 0 Å². The van der Waals surface area contributed by atoms with Gasteiger partial charge in [-0.3, -0.25) is 0 Å². The second-order valence-electron chi connectivity index (χ2n) is 6.20. The van der Waals surface area contributed by atoms with Gasteiger partial charge in [0.15, 0.2) is 0 Å². The Morgan fingerprint density at radius 3 is 1.66 bits per heavy atom. The van der Waals surface area contributed by atoms with Crippen LogP contribution in [0.2, 0.25) is 0 Å². The van der Waals surface area contributed by atoms with Gasteiger partial charge >= 0.3 is 5.97 Å². The summed E-state index contributed by atoms with van der Waals surface area (Å²) in [5, 5.41) is 9.44. The Labute approximate surface area is 174 Å². The van der Waals surface area contributed by atoms with E-state index in [2.05, 4.69) is 51.4 Å². The summed E-state index contributed by atoms with van der Waals surface area (Å²) in [5.74, 6) is 2.01. The van der Waals surface area contributed by atoms with Crippen molar-refractivity contribution in [3.63, 3.8) is 0 Å². The molecule has 0 unspecified atom stereocenters. The van der Waals surface area contributed by atoms with Crippen LogP contribution in [0, 0.1) is 0 Å². The summed E-state index contributed by atoms with van der Waals surface area (Å²) in [6.07, 6.45) is 0. The molecule has 0 bridgehead atoms. The first-order valence-corrected chi connectivity index (χ1v) is 9.85. The van der Waals surface area contributed by atoms with Gasteiger partial charge in [0.05, 0.1) is 13.7 Å². The van der Waals surface area contributed by atoms with Gasteiger partial charge in [0.2, 0.25) is 0 Å². The minimum absolute atomic E-state index is 0.0249. The van der Waals surface area contributed by atoms with E-state index >= 15 is 0 Å². The molecule has 0 saturated carbocycles. The number of hydrogen-bond donors (Lipinski definition) is 1. The van der Waals surface area contributed by atoms with Crippen molar-refractivity contribution < 1.29 is 14.6 Å². The Kier molecular flexibility index (Phi) is 7.04. The SMILES string of the molecule is COC(=O)C(=C=NSC(c1ccccc1)(c1ccccc1)c1ccccc1)CO. The van der Waals surface area contributed by atoms with Crippen molar-refractivity contribution in [3.8, 4) is 0 Å². The zero-order chi connectivity index (χ0) is 20.5. The fourth-order valence-corrected chi connectivity index (χ4v) is 4.11. The first-order chi connectivity index (χ1) is 14.2. The largest absolute Gasteiger partial charge is 0.465 e. The summed E-state index contributed by atoms with van der Waals surface area (Å²) in [6.45, 7) is -0.494. The average molecular weight is 404 g/mol. The highest BCUT2D eigenvalue weighted by molar-refractivity contribution is 7.99. The molecule has 0 amide bonds. The molecule has 5 heteroatoms. The Balaban J connectivity index is 2.23. The molecule has 0 heterocycles. The topological polar surface area (TPSA) is 58.9 Å². The maximum atomic E-state index is 11.8. The van der Waals surface area contributed by atoms with Crippen LogP contribution in [0.15, 0.2) is 101 Å². The van der Waals surface area contributed by atoms with Crippen LogP contribution < -0.4 is 0 Å². The lowest BCUT2D eigenvalue weighted by atomic mass is 9.84. The van der Waals surface area contributed by atoms with E-state index in [0.717, 1.165) is 16.7 Å². The lowest BCUT2D eigenvalue weighted by Crippen LogP contribution is -2.24. The van der Waals surface area contributed by atoms with Gasteiger partial charge in [-0.25, -0.2) is 4.79 Å². The number of methoxy groups -OCH3 is 1. The fraction of sp³-hybridized carbons (Fsp3) is 0.125. The number of aliphatic hydroxyl groups is 1. The van der Waals surface area contributed by atoms with Crippen LogP contribution in [0.5, 0.6) is 0 Å². The Morgan fingerprint density at radius 2 is 1.31 bits per heavy atom. The average Bonchev–Trinajstić information content (AvgIpc) is 2.81. The molecule has 146 valence electrons. The molecular formula is C24H21NO3S. The van der Waals surface area contributed by atoms with E-state index in [1.807, 2.05) is 54.6 Å². The summed E-state index contributed by atoms with van der Waals surface area (Å²) < 4.78 is 8.39. The number of benzene rings is 3. The molecular weight excluding hydrogens is 382 g/mol. The van der Waals surface area contributed by atoms with E-state index in [4.69, 9.17) is 0 Å². The lowest BCUT2D eigenvalue weighted by molar-refractivity contribution is -0.136. The molecule has 0 saturated heterocycles. The normalized spacial score (nSPS) is 10.7. The van der Waals surface area contributed by atoms with Gasteiger partial charge in [-0.1, -0.05) is 91.0 Å². The highest BCUT2D eigenvalue weighted by atomic mass is 32.2. The van der Waals surface area contributed by atoms with Crippen molar-refractivity contribution in [2.45, 2.75) is 4.75 Å². The summed E-state index contributed by atoms with van der Waals surface area (Å²) in [6, 6.07) is 30.2. The molecule has 0 spiro atoms. The van der Waals surface area contributed by atoms with E-state index in [-0.39, 0.29) is 5.57 Å². The maximum Gasteiger partial charge on any atom is 0.345 e. The Morgan fingerprint density at radius 1 is 0.897 bits per heavy atom. The highest BCUT2D eigenvalue weighted by Crippen LogP contribution is 2.48. The van der Waals surface area contributed by atoms with Crippen LogP contribution in [-0.2, 0) is 14.3 Å². The van der Waals surface area contributed by atoms with Crippen molar-refractivity contribution in [3.05, 3.63) is 113 Å². The van der Waals surface area contributed by atoms with Gasteiger partial charge in [-0.2, -0.15) is 4.40 Å². The standard InChI is InChI=1S/C24H21NO3S/c1-28-23(27)19(18-26)17-25-29-24(20-11-5-2-6-12-20,21-13-7-3-8-14-21)22-15-9-4-10-16-22/h2-16,26H,18H2,1H3. The van der Waals surface area contributed by atoms with Gasteiger partial charge in [0.25, 0.3) is 0 Å². The van der Waals surface area contributed by atoms with Crippen molar-refractivity contribution in [2.24, 2.45) is 4.40 Å². The van der Waals surface area contributed by atoms with Gasteiger partial charge in [0.1, 0.15) is 10.3 Å². The number of hydrogen-bond acceptors (Lipinski definition) is 5. The summed E-state index contributed by atoms with van der Waals surface area (Å²) in [4.78, 5) is 11.8. The van der Waals surface area contributed by atoms with E-state index in [9.17, 15) is 9.90 Å². The van der Waals surface area contributed by atoms with E-state index < -0.39 is 17.3 Å². The van der Waals surface area contributed by atoms with Gasteiger partial charge < -0.3 is 9.84 Å². The number of carbonyl (C=O) groups is 1. The first-order valence-electron chi connectivity index (χ1n) is 9.08. The molecule has 0 radical (unpaired) electrons. The van der Waals surface area contributed by atoms with Crippen LogP contribution in [0.1, 0.15) is 16.7 Å². The smallest absolute Gasteiger partial charge is 0.345 e. The zero-order valence-corrected chi connectivity index (χ0v) is 16.8. The molecule has 3 aromatic rings. The molecule has 1 N–H and O–H groups in total. The molecule has 0 aromatic heterocycles. The molecule has 0 fully saturated rings. The third-order valence-electron chi connectivity index (χ3n) is 4.49. The molecule has 3 rings (SSSR count). The summed E-state index contributed by atoms with van der Waals surface area (Å²) >= 11 is 1.27. The number of nitrogens with zero attached hydrogens (tertiary/aromatic N) is 1. The highest BCUT2D eigenvalue weighted by Gasteiger charge is 2.37. The molecule has 29 heavy (non-hydrogen) atoms. The minimum Gasteiger partial charge on any atom is -0.465 e. The van der Waals surface area contributed by atoms with Crippen LogP contribution >= 0.6 is 11.9 Å². The number of rotatable bonds is 7. The molecule has 3 aromatic carbocycles. The molecule has 0 aliphatic heterocycles. The quantitative estimate of drug-likeness (QED) is 0.209. The number of aliphatic hydroxyl groups excluding tert-OH is 1. The van der Waals surface area contributed by atoms with Crippen molar-refractivity contribution in [1.82, 2.24) is 0 Å². The zero-order valence-electron chi connectivity index (χ0n) is 16.0. The monoisotopic (exact) mass is 403 g/mol. The van der Waals surface area contributed by atoms with Crippen LogP contribution in [0.25, 0.3) is 0 Å². The number of esters is 1. The van der Waals surface area contributed by atoms with Gasteiger partial charge in [0, 0.05) is 17.8 Å². The minimum atomic E-state index is -0.659. The predicted octanol–water partition coefficient (Wildman–Crippen LogP) is 4.39. The van der Waals surface area contributed by atoms with E-state index in [1.165, 1.54) is 19.1 Å². The van der Waals surface area contributed by atoms with E-state index in [0.29, 0.717) is 0 Å². The molecule has 0 atom stereocenters. The lowest BCUT2D eigenvalue weighted by Gasteiger charge is -2.32. The number of ether oxygens (including phenoxy) is 1. The molecule has 0 aliphatic carbocycles. The second-order valence-corrected chi connectivity index (χ2v) is 7.18. The molecule has 4 nitrogen and oxygen atoms in total. The summed E-state index contributed by atoms with van der Waals surface area (Å²) in [7, 11) is 1.26. The fourth-order valence-electron chi connectivity index (χ4n) is 3.09. The third-order valence-corrected chi connectivity index (χ3v) is 5.66. The van der Waals surface area contributed by atoms with E-state index in [1.54, 1.807) is 0 Å². The van der Waals surface area contributed by atoms with Crippen LogP contribution in [-0.4, -0.2) is 30.7 Å². The molecule has 0 aliphatic rings. The Bertz CT molecular complexity index is 901. The van der Waals surface area contributed by atoms with Crippen molar-refractivity contribution in [2.75, 3.05) is 13.7 Å².